The largest absolute Gasteiger partial charge is 0.448 e. The first-order valence-electron chi connectivity index (χ1n) is 19.3. The Morgan fingerprint density at radius 2 is 1.14 bits per heavy atom. The van der Waals surface area contributed by atoms with E-state index in [1.54, 1.807) is 0 Å². The van der Waals surface area contributed by atoms with Gasteiger partial charge in [0.2, 0.25) is 0 Å². The molecule has 8 aromatic rings. The quantitative estimate of drug-likeness (QED) is 0.101. The lowest BCUT2D eigenvalue weighted by Crippen LogP contribution is -2.36. The molecule has 1 heterocycles. The Labute approximate surface area is 328 Å². The van der Waals surface area contributed by atoms with Gasteiger partial charge in [-0.2, -0.15) is 4.90 Å². The zero-order chi connectivity index (χ0) is 38.0. The fourth-order valence-corrected chi connectivity index (χ4v) is 7.79. The number of fused-ring (bicyclic) bond motifs is 3. The summed E-state index contributed by atoms with van der Waals surface area (Å²) in [5.41, 5.74) is 21.3. The van der Waals surface area contributed by atoms with Gasteiger partial charge in [-0.05, 0) is 112 Å². The first-order valence-corrected chi connectivity index (χ1v) is 19.3. The molecule has 0 aliphatic heterocycles. The van der Waals surface area contributed by atoms with Crippen molar-refractivity contribution in [3.63, 3.8) is 0 Å². The smallest absolute Gasteiger partial charge is 0.309 e. The normalized spacial score (nSPS) is 13.7. The van der Waals surface area contributed by atoms with Crippen LogP contribution in [0.4, 0.5) is 11.4 Å². The summed E-state index contributed by atoms with van der Waals surface area (Å²) in [6, 6.07) is 62.2. The van der Waals surface area contributed by atoms with E-state index < -0.39 is 0 Å². The van der Waals surface area contributed by atoms with Crippen LogP contribution < -0.4 is 15.3 Å². The van der Waals surface area contributed by atoms with Crippen molar-refractivity contribution in [2.24, 2.45) is 11.7 Å². The van der Waals surface area contributed by atoms with Crippen LogP contribution in [0.2, 0.25) is 0 Å². The number of nitrogens with zero attached hydrogens (tertiary/aromatic N) is 3. The van der Waals surface area contributed by atoms with Crippen molar-refractivity contribution in [2.45, 2.75) is 20.3 Å². The van der Waals surface area contributed by atoms with Gasteiger partial charge >= 0.3 is 5.96 Å². The number of aromatic nitrogens is 1. The van der Waals surface area contributed by atoms with E-state index in [1.165, 1.54) is 38.5 Å². The average Bonchev–Trinajstić information content (AvgIpc) is 3.59. The lowest BCUT2D eigenvalue weighted by molar-refractivity contribution is 0.739. The third kappa shape index (κ3) is 6.75. The second-order valence-corrected chi connectivity index (χ2v) is 14.6. The van der Waals surface area contributed by atoms with Crippen molar-refractivity contribution < 1.29 is 0 Å². The summed E-state index contributed by atoms with van der Waals surface area (Å²) < 4.78 is 7.36. The zero-order valence-corrected chi connectivity index (χ0v) is 31.7. The van der Waals surface area contributed by atoms with Crippen LogP contribution in [0, 0.1) is 5.92 Å². The maximum absolute atomic E-state index is 6.98. The van der Waals surface area contributed by atoms with Crippen molar-refractivity contribution in [1.29, 1.82) is 0 Å². The van der Waals surface area contributed by atoms with E-state index in [1.807, 2.05) is 17.9 Å². The van der Waals surface area contributed by atoms with Gasteiger partial charge in [0.05, 0.1) is 11.0 Å². The molecule has 0 saturated heterocycles. The number of allylic oxidation sites excluding steroid dienone is 4. The van der Waals surface area contributed by atoms with Crippen LogP contribution in [0.5, 0.6) is 0 Å². The van der Waals surface area contributed by atoms with Crippen LogP contribution in [0.15, 0.2) is 194 Å². The molecule has 0 spiro atoms. The van der Waals surface area contributed by atoms with Gasteiger partial charge in [-0.25, -0.2) is 4.67 Å². The first-order chi connectivity index (χ1) is 27.5. The number of hydrogen-bond donors (Lipinski definition) is 1. The summed E-state index contributed by atoms with van der Waals surface area (Å²) in [4.78, 5) is 2.03. The van der Waals surface area contributed by atoms with Gasteiger partial charge in [0.15, 0.2) is 5.71 Å². The number of guanidine groups is 1. The molecule has 56 heavy (non-hydrogen) atoms. The summed E-state index contributed by atoms with van der Waals surface area (Å²) in [7, 11) is 0. The third-order valence-corrected chi connectivity index (χ3v) is 10.8. The molecule has 7 aromatic carbocycles. The Kier molecular flexibility index (Phi) is 9.24. The van der Waals surface area contributed by atoms with Crippen molar-refractivity contribution >= 4 is 50.4 Å². The van der Waals surface area contributed by atoms with E-state index in [9.17, 15) is 0 Å². The molecular weight excluding hydrogens is 681 g/mol. The Morgan fingerprint density at radius 1 is 0.589 bits per heavy atom. The van der Waals surface area contributed by atoms with Crippen LogP contribution >= 0.6 is 0 Å². The molecule has 9 rings (SSSR count). The molecule has 1 aliphatic rings. The average molecular weight is 724 g/mol. The van der Waals surface area contributed by atoms with Crippen LogP contribution in [0.3, 0.4) is 0 Å². The molecule has 0 fully saturated rings. The standard InChI is InChI=1S/C52H42N4/c1-36-17-19-40(20-18-36)41-23-21-38(22-24-41)37(2)54-52(53)55(46-30-25-42(26-31-46)39-11-5-3-6-12-39)47-32-27-43(28-33-47)44-29-34-51-49(35-44)48-15-9-10-16-50(48)56(51)45-13-7-4-8-14-45/h3-17,19-36,53H,18H2,1-2H3/p+1. The molecule has 1 aliphatic carbocycles. The van der Waals surface area contributed by atoms with Gasteiger partial charge in [0, 0.05) is 28.9 Å². The topological polar surface area (TPSA) is 48.3 Å². The molecule has 0 amide bonds. The summed E-state index contributed by atoms with van der Waals surface area (Å²) in [6.07, 6.45) is 7.90. The molecule has 0 radical (unpaired) electrons. The van der Waals surface area contributed by atoms with Gasteiger partial charge in [0.1, 0.15) is 11.4 Å². The van der Waals surface area contributed by atoms with E-state index in [2.05, 4.69) is 200 Å². The number of para-hydroxylation sites is 2. The predicted molar refractivity (Wildman–Crippen MR) is 239 cm³/mol. The molecule has 1 aromatic heterocycles. The van der Waals surface area contributed by atoms with E-state index in [0.29, 0.717) is 11.9 Å². The van der Waals surface area contributed by atoms with Crippen LogP contribution in [0.1, 0.15) is 31.4 Å². The van der Waals surface area contributed by atoms with Crippen LogP contribution in [-0.4, -0.2) is 16.2 Å². The monoisotopic (exact) mass is 723 g/mol. The number of anilines is 2. The minimum atomic E-state index is 0.397. The summed E-state index contributed by atoms with van der Waals surface area (Å²) in [5.74, 6) is 0.984. The summed E-state index contributed by atoms with van der Waals surface area (Å²) >= 11 is 0. The molecule has 270 valence electrons. The highest BCUT2D eigenvalue weighted by Gasteiger charge is 2.23. The number of hydrogen-bond acceptors (Lipinski definition) is 0. The van der Waals surface area contributed by atoms with Crippen molar-refractivity contribution in [3.8, 4) is 27.9 Å². The van der Waals surface area contributed by atoms with Gasteiger partial charge in [-0.15, -0.1) is 0 Å². The Hall–Kier alpha value is -7.13. The molecule has 0 bridgehead atoms. The Morgan fingerprint density at radius 3 is 1.80 bits per heavy atom. The molecule has 1 unspecified atom stereocenters. The third-order valence-electron chi connectivity index (χ3n) is 10.8. The molecule has 4 heteroatoms. The van der Waals surface area contributed by atoms with Gasteiger partial charge in [-0.3, -0.25) is 5.73 Å². The predicted octanol–water partition coefficient (Wildman–Crippen LogP) is 12.1. The van der Waals surface area contributed by atoms with Gasteiger partial charge in [0.25, 0.3) is 0 Å². The fraction of sp³-hybridized carbons (Fsp3) is 0.0769. The number of nitrogens with two attached hydrogens (primary N) is 1. The van der Waals surface area contributed by atoms with Crippen LogP contribution in [-0.2, 0) is 0 Å². The van der Waals surface area contributed by atoms with E-state index >= 15 is 0 Å². The highest BCUT2D eigenvalue weighted by molar-refractivity contribution is 6.11. The van der Waals surface area contributed by atoms with E-state index in [4.69, 9.17) is 10.4 Å². The Balaban J connectivity index is 1.08. The highest BCUT2D eigenvalue weighted by Crippen LogP contribution is 2.36. The van der Waals surface area contributed by atoms with Gasteiger partial charge in [-0.1, -0.05) is 134 Å². The van der Waals surface area contributed by atoms with Crippen molar-refractivity contribution in [1.82, 2.24) is 9.24 Å². The van der Waals surface area contributed by atoms with Crippen molar-refractivity contribution in [3.05, 3.63) is 205 Å². The highest BCUT2D eigenvalue weighted by atomic mass is 15.2. The molecule has 1 atom stereocenters. The lowest BCUT2D eigenvalue weighted by Gasteiger charge is -2.16. The van der Waals surface area contributed by atoms with E-state index in [0.717, 1.165) is 51.4 Å². The van der Waals surface area contributed by atoms with Gasteiger partial charge < -0.3 is 4.57 Å². The summed E-state index contributed by atoms with van der Waals surface area (Å²) in [6.45, 7) is 4.27. The molecule has 0 saturated carbocycles. The maximum atomic E-state index is 6.98. The minimum absolute atomic E-state index is 0.397. The number of rotatable bonds is 7. The van der Waals surface area contributed by atoms with Crippen molar-refractivity contribution in [2.75, 3.05) is 4.90 Å². The minimum Gasteiger partial charge on any atom is -0.309 e. The number of benzene rings is 7. The molecular formula is C52H43N4+. The van der Waals surface area contributed by atoms with E-state index in [-0.39, 0.29) is 0 Å². The zero-order valence-electron chi connectivity index (χ0n) is 31.7. The molecule has 4 nitrogen and oxygen atoms in total. The first kappa shape index (κ1) is 34.6. The molecule has 2 N–H and O–H groups in total. The summed E-state index contributed by atoms with van der Waals surface area (Å²) in [5, 5.41) is 2.46. The fourth-order valence-electron chi connectivity index (χ4n) is 7.79. The Bertz CT molecular complexity index is 2800. The second kappa shape index (κ2) is 14.9. The second-order valence-electron chi connectivity index (χ2n) is 14.6. The van der Waals surface area contributed by atoms with Crippen LogP contribution in [0.25, 0.3) is 55.3 Å². The SMILES string of the molecule is CC(=[N+]=C(N)N(c1ccc(-c2ccccc2)cc1)c1ccc(-c2ccc3c(c2)c2ccccc2n3-c2ccccc2)cc1)c1ccc(C2=CCC(C)C=C2)cc1. The maximum Gasteiger partial charge on any atom is 0.448 e. The lowest BCUT2D eigenvalue weighted by atomic mass is 9.93.